The largest absolute Gasteiger partial charge is 0.478 e. The Labute approximate surface area is 234 Å². The number of nitrogens with zero attached hydrogens (tertiary/aromatic N) is 4. The van der Waals surface area contributed by atoms with Crippen LogP contribution in [-0.2, 0) is 32.8 Å². The minimum Gasteiger partial charge on any atom is -0.478 e. The summed E-state index contributed by atoms with van der Waals surface area (Å²) >= 11 is 0. The molecule has 1 aliphatic heterocycles. The van der Waals surface area contributed by atoms with E-state index in [0.717, 1.165) is 54.9 Å². The second-order valence-electron chi connectivity index (χ2n) is 8.93. The number of carboxylic acid groups (broad SMARTS) is 4. The van der Waals surface area contributed by atoms with Crippen molar-refractivity contribution in [2.24, 2.45) is 7.05 Å². The molecule has 12 nitrogen and oxygen atoms in total. The van der Waals surface area contributed by atoms with Gasteiger partial charge in [-0.2, -0.15) is 4.39 Å². The molecule has 3 aromatic rings. The van der Waals surface area contributed by atoms with Gasteiger partial charge in [-0.1, -0.05) is 18.2 Å². The molecule has 2 aromatic heterocycles. The minimum atomic E-state index is -1.26. The van der Waals surface area contributed by atoms with E-state index < -0.39 is 29.8 Å². The Kier molecular flexibility index (Phi) is 12.3. The number of aromatic nitrogens is 2. The Morgan fingerprint density at radius 1 is 0.829 bits per heavy atom. The molecule has 1 fully saturated rings. The predicted molar refractivity (Wildman–Crippen MR) is 148 cm³/mol. The van der Waals surface area contributed by atoms with E-state index >= 15 is 0 Å². The predicted octanol–water partition coefficient (Wildman–Crippen LogP) is 2.55. The zero-order valence-corrected chi connectivity index (χ0v) is 22.5. The average Bonchev–Trinajstić information content (AvgIpc) is 3.25. The van der Waals surface area contributed by atoms with Gasteiger partial charge in [-0.3, -0.25) is 4.90 Å². The average molecular weight is 571 g/mol. The van der Waals surface area contributed by atoms with Gasteiger partial charge in [0.2, 0.25) is 5.95 Å². The second-order valence-corrected chi connectivity index (χ2v) is 8.93. The lowest BCUT2D eigenvalue weighted by Crippen LogP contribution is -2.43. The number of hydrogen-bond acceptors (Lipinski definition) is 7. The summed E-state index contributed by atoms with van der Waals surface area (Å²) in [5.41, 5.74) is 3.60. The fourth-order valence-electron chi connectivity index (χ4n) is 3.85. The van der Waals surface area contributed by atoms with E-state index in [2.05, 4.69) is 34.0 Å². The summed E-state index contributed by atoms with van der Waals surface area (Å²) in [7, 11) is 4.12. The zero-order valence-electron chi connectivity index (χ0n) is 22.5. The van der Waals surface area contributed by atoms with Gasteiger partial charge in [-0.05, 0) is 30.8 Å². The normalized spacial score (nSPS) is 13.8. The van der Waals surface area contributed by atoms with Crippen LogP contribution in [0.5, 0.6) is 0 Å². The van der Waals surface area contributed by atoms with E-state index in [1.54, 1.807) is 6.20 Å². The maximum atomic E-state index is 14.4. The quantitative estimate of drug-likeness (QED) is 0.243. The zero-order chi connectivity index (χ0) is 30.5. The highest BCUT2D eigenvalue weighted by Crippen LogP contribution is 2.29. The highest BCUT2D eigenvalue weighted by Gasteiger charge is 2.17. The number of benzene rings is 1. The fraction of sp³-hybridized carbons (Fsp3) is 0.250. The number of aryl methyl sites for hydroxylation is 1. The lowest BCUT2D eigenvalue weighted by atomic mass is 10.1. The van der Waals surface area contributed by atoms with Crippen LogP contribution in [0.25, 0.3) is 22.2 Å². The maximum Gasteiger partial charge on any atom is 0.328 e. The maximum absolute atomic E-state index is 14.4. The van der Waals surface area contributed by atoms with Gasteiger partial charge >= 0.3 is 23.9 Å². The lowest BCUT2D eigenvalue weighted by molar-refractivity contribution is -0.134. The van der Waals surface area contributed by atoms with Gasteiger partial charge in [0.15, 0.2) is 0 Å². The fourth-order valence-corrected chi connectivity index (χ4v) is 3.85. The third-order valence-corrected chi connectivity index (χ3v) is 5.86. The van der Waals surface area contributed by atoms with Crippen molar-refractivity contribution in [3.8, 4) is 11.3 Å². The molecule has 0 radical (unpaired) electrons. The molecule has 0 bridgehead atoms. The molecule has 218 valence electrons. The van der Waals surface area contributed by atoms with E-state index in [4.69, 9.17) is 20.4 Å². The first-order valence-electron chi connectivity index (χ1n) is 12.3. The number of hydrogen-bond donors (Lipinski definition) is 4. The van der Waals surface area contributed by atoms with Crippen molar-refractivity contribution in [3.63, 3.8) is 0 Å². The molecular formula is C28H31FN4O8. The molecule has 1 saturated heterocycles. The van der Waals surface area contributed by atoms with Crippen LogP contribution in [0, 0.1) is 5.95 Å². The molecule has 41 heavy (non-hydrogen) atoms. The Morgan fingerprint density at radius 3 is 1.83 bits per heavy atom. The number of para-hydroxylation sites is 1. The van der Waals surface area contributed by atoms with E-state index in [1.807, 2.05) is 35.9 Å². The van der Waals surface area contributed by atoms with Crippen molar-refractivity contribution in [3.05, 3.63) is 78.4 Å². The van der Waals surface area contributed by atoms with Crippen molar-refractivity contribution in [2.45, 2.75) is 6.54 Å². The Balaban J connectivity index is 0.000000304. The second kappa shape index (κ2) is 15.6. The van der Waals surface area contributed by atoms with Crippen LogP contribution in [0.4, 0.5) is 4.39 Å². The first-order valence-corrected chi connectivity index (χ1v) is 12.3. The summed E-state index contributed by atoms with van der Waals surface area (Å²) in [6.45, 7) is 5.04. The van der Waals surface area contributed by atoms with Crippen molar-refractivity contribution >= 4 is 34.8 Å². The van der Waals surface area contributed by atoms with Crippen molar-refractivity contribution < 1.29 is 44.0 Å². The molecule has 0 unspecified atom stereocenters. The Bertz CT molecular complexity index is 1380. The summed E-state index contributed by atoms with van der Waals surface area (Å²) in [6, 6.07) is 12.1. The minimum absolute atomic E-state index is 0.409. The van der Waals surface area contributed by atoms with Gasteiger partial charge in [0, 0.05) is 81.2 Å². The number of piperazine rings is 1. The number of fused-ring (bicyclic) bond motifs is 1. The van der Waals surface area contributed by atoms with E-state index in [9.17, 15) is 23.6 Å². The topological polar surface area (TPSA) is 174 Å². The number of carbonyl (C=O) groups is 4. The van der Waals surface area contributed by atoms with Gasteiger partial charge in [-0.25, -0.2) is 24.2 Å². The van der Waals surface area contributed by atoms with E-state index in [1.165, 1.54) is 0 Å². The van der Waals surface area contributed by atoms with Crippen LogP contribution in [0.15, 0.2) is 66.9 Å². The molecule has 1 aromatic carbocycles. The molecule has 4 N–H and O–H groups in total. The number of likely N-dealkylation sites (N-methyl/N-ethyl adjacent to an activating group) is 1. The highest BCUT2D eigenvalue weighted by atomic mass is 19.1. The Hall–Kier alpha value is -4.88. The van der Waals surface area contributed by atoms with Gasteiger partial charge < -0.3 is 29.9 Å². The molecule has 0 amide bonds. The van der Waals surface area contributed by atoms with E-state index in [0.29, 0.717) is 29.9 Å². The molecule has 0 atom stereocenters. The van der Waals surface area contributed by atoms with E-state index in [-0.39, 0.29) is 0 Å². The standard InChI is InChI=1S/C20H23FN4.2C4H4O4/c1-23-7-9-25(10-8-23)14-15-11-17(20(21)22-13-15)19-12-16-5-3-4-6-18(16)24(19)2;2*5-3(6)1-2-4(7)8/h3-6,11-13H,7-10,14H2,1-2H3;2*1-2H,(H,5,6)(H,7,8)/b;2*2-1+. The number of aliphatic carboxylic acids is 4. The molecule has 0 aliphatic carbocycles. The number of pyridine rings is 1. The Morgan fingerprint density at radius 2 is 1.34 bits per heavy atom. The molecular weight excluding hydrogens is 539 g/mol. The molecule has 13 heteroatoms. The molecule has 0 saturated carbocycles. The first kappa shape index (κ1) is 32.3. The summed E-state index contributed by atoms with van der Waals surface area (Å²) < 4.78 is 16.5. The lowest BCUT2D eigenvalue weighted by Gasteiger charge is -2.32. The highest BCUT2D eigenvalue weighted by molar-refractivity contribution is 5.90. The van der Waals surface area contributed by atoms with Crippen LogP contribution in [0.1, 0.15) is 5.56 Å². The summed E-state index contributed by atoms with van der Waals surface area (Å²) in [5.74, 6) is -5.44. The van der Waals surface area contributed by atoms with Crippen LogP contribution in [0.3, 0.4) is 0 Å². The molecule has 3 heterocycles. The van der Waals surface area contributed by atoms with Gasteiger partial charge in [0.1, 0.15) is 0 Å². The molecule has 4 rings (SSSR count). The smallest absolute Gasteiger partial charge is 0.328 e. The SMILES string of the molecule is CN1CCN(Cc2cnc(F)c(-c3cc4ccccc4n3C)c2)CC1.O=C(O)/C=C/C(=O)O.O=C(O)/C=C/C(=O)O. The molecule has 1 aliphatic rings. The molecule has 0 spiro atoms. The van der Waals surface area contributed by atoms with Gasteiger partial charge in [0.25, 0.3) is 0 Å². The monoisotopic (exact) mass is 570 g/mol. The van der Waals surface area contributed by atoms with Crippen molar-refractivity contribution in [2.75, 3.05) is 33.2 Å². The first-order chi connectivity index (χ1) is 19.4. The third kappa shape index (κ3) is 11.0. The van der Waals surface area contributed by atoms with Gasteiger partial charge in [0.05, 0.1) is 11.3 Å². The van der Waals surface area contributed by atoms with Crippen LogP contribution in [0.2, 0.25) is 0 Å². The van der Waals surface area contributed by atoms with Crippen molar-refractivity contribution in [1.29, 1.82) is 0 Å². The van der Waals surface area contributed by atoms with Crippen LogP contribution < -0.4 is 0 Å². The number of carboxylic acids is 4. The summed E-state index contributed by atoms with van der Waals surface area (Å²) in [5, 5.41) is 32.4. The van der Waals surface area contributed by atoms with Gasteiger partial charge in [-0.15, -0.1) is 0 Å². The number of halogens is 1. The van der Waals surface area contributed by atoms with Crippen LogP contribution >= 0.6 is 0 Å². The number of rotatable bonds is 7. The van der Waals surface area contributed by atoms with Crippen LogP contribution in [-0.4, -0.2) is 96.9 Å². The summed E-state index contributed by atoms with van der Waals surface area (Å²) in [4.78, 5) is 47.0. The summed E-state index contributed by atoms with van der Waals surface area (Å²) in [6.07, 6.45) is 3.90. The van der Waals surface area contributed by atoms with Crippen molar-refractivity contribution in [1.82, 2.24) is 19.4 Å². The third-order valence-electron chi connectivity index (χ3n) is 5.86.